The zero-order valence-electron chi connectivity index (χ0n) is 16.5. The number of ether oxygens (including phenoxy) is 3. The molecule has 3 aromatic rings. The van der Waals surface area contributed by atoms with Gasteiger partial charge < -0.3 is 14.2 Å². The Bertz CT molecular complexity index is 1280. The SMILES string of the molecule is COc1ccc(C(=O)OCc2cc(=O)n3ccsc3n2)cc1S(=O)(=O)N1CCOCC1. The Labute approximate surface area is 181 Å². The van der Waals surface area contributed by atoms with Crippen LogP contribution in [-0.4, -0.2) is 61.5 Å². The molecule has 0 amide bonds. The number of aromatic nitrogens is 2. The highest BCUT2D eigenvalue weighted by Crippen LogP contribution is 2.28. The fraction of sp³-hybridized carbons (Fsp3) is 0.316. The van der Waals surface area contributed by atoms with Gasteiger partial charge in [0.25, 0.3) is 5.56 Å². The largest absolute Gasteiger partial charge is 0.495 e. The van der Waals surface area contributed by atoms with Gasteiger partial charge in [-0.2, -0.15) is 4.31 Å². The van der Waals surface area contributed by atoms with Crippen LogP contribution in [0.4, 0.5) is 0 Å². The Balaban J connectivity index is 1.56. The number of rotatable bonds is 6. The van der Waals surface area contributed by atoms with E-state index in [0.29, 0.717) is 23.9 Å². The number of sulfonamides is 1. The number of carbonyl (C=O) groups is 1. The summed E-state index contributed by atoms with van der Waals surface area (Å²) in [6, 6.07) is 5.35. The lowest BCUT2D eigenvalue weighted by Gasteiger charge is -2.26. The van der Waals surface area contributed by atoms with Crippen LogP contribution in [0.25, 0.3) is 4.96 Å². The summed E-state index contributed by atoms with van der Waals surface area (Å²) in [7, 11) is -2.53. The summed E-state index contributed by atoms with van der Waals surface area (Å²) in [4.78, 5) is 29.3. The van der Waals surface area contributed by atoms with Crippen LogP contribution in [0, 0.1) is 0 Å². The van der Waals surface area contributed by atoms with E-state index in [0.717, 1.165) is 0 Å². The maximum atomic E-state index is 13.0. The van der Waals surface area contributed by atoms with Crippen LogP contribution >= 0.6 is 11.3 Å². The molecule has 0 atom stereocenters. The van der Waals surface area contributed by atoms with Gasteiger partial charge in [0, 0.05) is 30.7 Å². The first kappa shape index (κ1) is 21.4. The van der Waals surface area contributed by atoms with Gasteiger partial charge in [0.1, 0.15) is 17.3 Å². The summed E-state index contributed by atoms with van der Waals surface area (Å²) >= 11 is 1.29. The molecule has 1 aliphatic heterocycles. The van der Waals surface area contributed by atoms with Gasteiger partial charge in [-0.05, 0) is 18.2 Å². The van der Waals surface area contributed by atoms with Crippen LogP contribution in [0.2, 0.25) is 0 Å². The maximum Gasteiger partial charge on any atom is 0.338 e. The van der Waals surface area contributed by atoms with E-state index in [-0.39, 0.29) is 41.5 Å². The highest BCUT2D eigenvalue weighted by molar-refractivity contribution is 7.89. The molecule has 0 radical (unpaired) electrons. The first-order valence-corrected chi connectivity index (χ1v) is 11.6. The number of fused-ring (bicyclic) bond motifs is 1. The summed E-state index contributed by atoms with van der Waals surface area (Å²) in [5, 5.41) is 1.73. The third-order valence-corrected chi connectivity index (χ3v) is 7.37. The van der Waals surface area contributed by atoms with Gasteiger partial charge in [0.05, 0.1) is 31.6 Å². The van der Waals surface area contributed by atoms with Crippen LogP contribution < -0.4 is 10.3 Å². The lowest BCUT2D eigenvalue weighted by Crippen LogP contribution is -2.40. The van der Waals surface area contributed by atoms with Crippen molar-refractivity contribution in [3.8, 4) is 5.75 Å². The predicted molar refractivity (Wildman–Crippen MR) is 111 cm³/mol. The summed E-state index contributed by atoms with van der Waals surface area (Å²) in [6.07, 6.45) is 1.61. The number of nitrogens with zero attached hydrogens (tertiary/aromatic N) is 3. The van der Waals surface area contributed by atoms with Crippen molar-refractivity contribution in [3.05, 3.63) is 57.5 Å². The van der Waals surface area contributed by atoms with Crippen molar-refractivity contribution < 1.29 is 27.4 Å². The maximum absolute atomic E-state index is 13.0. The molecule has 0 N–H and O–H groups in total. The molecule has 4 rings (SSSR count). The zero-order valence-corrected chi connectivity index (χ0v) is 18.1. The number of hydrogen-bond acceptors (Lipinski definition) is 9. The van der Waals surface area contributed by atoms with Crippen LogP contribution in [0.1, 0.15) is 16.1 Å². The van der Waals surface area contributed by atoms with Gasteiger partial charge in [0.2, 0.25) is 10.0 Å². The number of esters is 1. The van der Waals surface area contributed by atoms with Gasteiger partial charge in [-0.3, -0.25) is 9.20 Å². The van der Waals surface area contributed by atoms with Gasteiger partial charge in [-0.25, -0.2) is 18.2 Å². The molecule has 1 aromatic carbocycles. The van der Waals surface area contributed by atoms with Crippen molar-refractivity contribution in [2.45, 2.75) is 11.5 Å². The number of carbonyl (C=O) groups excluding carboxylic acids is 1. The van der Waals surface area contributed by atoms with Crippen molar-refractivity contribution in [1.82, 2.24) is 13.7 Å². The molecule has 0 unspecified atom stereocenters. The highest BCUT2D eigenvalue weighted by Gasteiger charge is 2.30. The van der Waals surface area contributed by atoms with E-state index < -0.39 is 16.0 Å². The van der Waals surface area contributed by atoms with Gasteiger partial charge >= 0.3 is 5.97 Å². The molecular weight excluding hydrogens is 446 g/mol. The molecule has 10 nitrogen and oxygen atoms in total. The molecule has 0 spiro atoms. The van der Waals surface area contributed by atoms with E-state index in [2.05, 4.69) is 4.98 Å². The second kappa shape index (κ2) is 8.75. The van der Waals surface area contributed by atoms with Gasteiger partial charge in [0.15, 0.2) is 4.96 Å². The van der Waals surface area contributed by atoms with Crippen LogP contribution in [0.5, 0.6) is 5.75 Å². The normalized spacial score (nSPS) is 15.1. The second-order valence-electron chi connectivity index (χ2n) is 6.60. The van der Waals surface area contributed by atoms with E-state index in [1.807, 2.05) is 0 Å². The fourth-order valence-electron chi connectivity index (χ4n) is 3.12. The van der Waals surface area contributed by atoms with Crippen LogP contribution in [-0.2, 0) is 26.1 Å². The quantitative estimate of drug-likeness (QED) is 0.498. The number of thiazole rings is 1. The Kier molecular flexibility index (Phi) is 6.05. The minimum absolute atomic E-state index is 0.0431. The van der Waals surface area contributed by atoms with Crippen molar-refractivity contribution in [2.75, 3.05) is 33.4 Å². The van der Waals surface area contributed by atoms with Crippen molar-refractivity contribution >= 4 is 32.3 Å². The van der Waals surface area contributed by atoms with E-state index in [1.54, 1.807) is 11.6 Å². The average Bonchev–Trinajstić information content (AvgIpc) is 3.27. The number of morpholine rings is 1. The number of hydrogen-bond donors (Lipinski definition) is 0. The standard InChI is InChI=1S/C19H19N3O7S2/c1-27-15-3-2-13(10-16(15)31(25,26)21-4-7-28-8-5-21)18(24)29-12-14-11-17(23)22-6-9-30-19(22)20-14/h2-3,6,9-11H,4-5,7-8,12H2,1H3. The molecule has 1 aliphatic rings. The Hall–Kier alpha value is -2.80. The molecule has 164 valence electrons. The topological polar surface area (TPSA) is 117 Å². The van der Waals surface area contributed by atoms with Gasteiger partial charge in [-0.15, -0.1) is 11.3 Å². The molecule has 2 aromatic heterocycles. The van der Waals surface area contributed by atoms with Crippen molar-refractivity contribution in [2.24, 2.45) is 0 Å². The summed E-state index contributed by atoms with van der Waals surface area (Å²) < 4.78 is 44.5. The molecular formula is C19H19N3O7S2. The highest BCUT2D eigenvalue weighted by atomic mass is 32.2. The summed E-state index contributed by atoms with van der Waals surface area (Å²) in [6.45, 7) is 0.800. The minimum atomic E-state index is -3.89. The molecule has 1 fully saturated rings. The monoisotopic (exact) mass is 465 g/mol. The lowest BCUT2D eigenvalue weighted by molar-refractivity contribution is 0.0467. The molecule has 0 saturated carbocycles. The first-order chi connectivity index (χ1) is 14.9. The molecule has 3 heterocycles. The molecule has 0 aliphatic carbocycles. The third-order valence-electron chi connectivity index (χ3n) is 4.69. The Morgan fingerprint density at radius 2 is 2.03 bits per heavy atom. The number of benzene rings is 1. The molecule has 12 heteroatoms. The average molecular weight is 466 g/mol. The van der Waals surface area contributed by atoms with E-state index in [4.69, 9.17) is 14.2 Å². The van der Waals surface area contributed by atoms with Crippen molar-refractivity contribution in [1.29, 1.82) is 0 Å². The number of methoxy groups -OCH3 is 1. The Morgan fingerprint density at radius 3 is 2.77 bits per heavy atom. The molecule has 0 bridgehead atoms. The first-order valence-electron chi connectivity index (χ1n) is 9.29. The summed E-state index contributed by atoms with van der Waals surface area (Å²) in [5.74, 6) is -0.616. The minimum Gasteiger partial charge on any atom is -0.495 e. The lowest BCUT2D eigenvalue weighted by atomic mass is 10.2. The third kappa shape index (κ3) is 4.32. The smallest absolute Gasteiger partial charge is 0.338 e. The van der Waals surface area contributed by atoms with Crippen LogP contribution in [0.15, 0.2) is 45.5 Å². The van der Waals surface area contributed by atoms with Crippen molar-refractivity contribution in [3.63, 3.8) is 0 Å². The van der Waals surface area contributed by atoms with Gasteiger partial charge in [-0.1, -0.05) is 0 Å². The molecule has 31 heavy (non-hydrogen) atoms. The summed E-state index contributed by atoms with van der Waals surface area (Å²) in [5.41, 5.74) is 0.0673. The Morgan fingerprint density at radius 1 is 1.26 bits per heavy atom. The molecule has 1 saturated heterocycles. The second-order valence-corrected chi connectivity index (χ2v) is 9.38. The van der Waals surface area contributed by atoms with E-state index in [1.165, 1.54) is 51.4 Å². The van der Waals surface area contributed by atoms with E-state index in [9.17, 15) is 18.0 Å². The van der Waals surface area contributed by atoms with Crippen LogP contribution in [0.3, 0.4) is 0 Å². The fourth-order valence-corrected chi connectivity index (χ4v) is 5.44. The zero-order chi connectivity index (χ0) is 22.0. The van der Waals surface area contributed by atoms with E-state index >= 15 is 0 Å². The predicted octanol–water partition coefficient (Wildman–Crippen LogP) is 1.14.